The molecule has 7 heteroatoms. The van der Waals surface area contributed by atoms with Crippen molar-refractivity contribution in [2.24, 2.45) is 0 Å². The minimum Gasteiger partial charge on any atom is -0.305 e. The average molecular weight is 266 g/mol. The molecule has 17 heavy (non-hydrogen) atoms. The summed E-state index contributed by atoms with van der Waals surface area (Å²) in [6.07, 6.45) is -3.51. The number of carbonyl (C=O) groups is 1. The number of hydrogen-bond acceptors (Lipinski definition) is 4. The van der Waals surface area contributed by atoms with Crippen molar-refractivity contribution in [2.75, 3.05) is 6.54 Å². The number of thiazole rings is 1. The number of Topliss-reactive ketones (excluding diaryl/α,β-unsaturated/α-hetero) is 1. The van der Waals surface area contributed by atoms with Gasteiger partial charge >= 0.3 is 6.18 Å². The van der Waals surface area contributed by atoms with E-state index in [-0.39, 0.29) is 22.7 Å². The minimum atomic E-state index is -4.49. The van der Waals surface area contributed by atoms with Gasteiger partial charge in [-0.05, 0) is 20.8 Å². The van der Waals surface area contributed by atoms with E-state index in [1.165, 1.54) is 0 Å². The van der Waals surface area contributed by atoms with E-state index in [0.29, 0.717) is 11.3 Å². The molecule has 0 amide bonds. The van der Waals surface area contributed by atoms with Crippen LogP contribution in [0.15, 0.2) is 6.20 Å². The lowest BCUT2D eigenvalue weighted by atomic mass is 10.1. The molecule has 0 saturated heterocycles. The zero-order valence-electron chi connectivity index (χ0n) is 9.68. The summed E-state index contributed by atoms with van der Waals surface area (Å²) in [6.45, 7) is 5.61. The van der Waals surface area contributed by atoms with Crippen LogP contribution in [0.3, 0.4) is 0 Å². The van der Waals surface area contributed by atoms with E-state index in [2.05, 4.69) is 10.3 Å². The van der Waals surface area contributed by atoms with Crippen molar-refractivity contribution < 1.29 is 18.0 Å². The monoisotopic (exact) mass is 266 g/mol. The zero-order valence-corrected chi connectivity index (χ0v) is 10.5. The Labute approximate surface area is 101 Å². The number of nitrogens with one attached hydrogen (secondary N) is 1. The molecular formula is C10H13F3N2OS. The highest BCUT2D eigenvalue weighted by atomic mass is 32.1. The maximum Gasteiger partial charge on any atom is 0.443 e. The van der Waals surface area contributed by atoms with E-state index >= 15 is 0 Å². The van der Waals surface area contributed by atoms with Crippen LogP contribution in [0.2, 0.25) is 0 Å². The number of hydrogen-bond donors (Lipinski definition) is 1. The van der Waals surface area contributed by atoms with Crippen LogP contribution in [0.4, 0.5) is 13.2 Å². The van der Waals surface area contributed by atoms with Crippen molar-refractivity contribution in [1.82, 2.24) is 10.3 Å². The molecule has 0 bridgehead atoms. The Morgan fingerprint density at radius 3 is 2.41 bits per heavy atom. The van der Waals surface area contributed by atoms with E-state index < -0.39 is 11.2 Å². The first kappa shape index (κ1) is 14.1. The van der Waals surface area contributed by atoms with E-state index in [4.69, 9.17) is 0 Å². The molecule has 3 nitrogen and oxygen atoms in total. The molecule has 0 spiro atoms. The Morgan fingerprint density at radius 2 is 2.00 bits per heavy atom. The number of halogens is 3. The molecule has 0 aliphatic carbocycles. The predicted octanol–water partition coefficient (Wildman–Crippen LogP) is 2.73. The molecule has 0 aliphatic heterocycles. The van der Waals surface area contributed by atoms with Crippen molar-refractivity contribution in [1.29, 1.82) is 0 Å². The Kier molecular flexibility index (Phi) is 3.93. The van der Waals surface area contributed by atoms with Gasteiger partial charge in [0.15, 0.2) is 10.8 Å². The van der Waals surface area contributed by atoms with Crippen molar-refractivity contribution in [3.05, 3.63) is 16.1 Å². The number of carbonyl (C=O) groups excluding carboxylic acids is 1. The van der Waals surface area contributed by atoms with Crippen LogP contribution in [0.25, 0.3) is 0 Å². The number of alkyl halides is 3. The second kappa shape index (κ2) is 4.73. The highest BCUT2D eigenvalue weighted by Gasteiger charge is 2.35. The van der Waals surface area contributed by atoms with Gasteiger partial charge in [-0.1, -0.05) is 0 Å². The number of nitrogens with zero attached hydrogens (tertiary/aromatic N) is 1. The topological polar surface area (TPSA) is 42.0 Å². The molecule has 0 atom stereocenters. The van der Waals surface area contributed by atoms with E-state index in [0.717, 1.165) is 6.20 Å². The van der Waals surface area contributed by atoms with Crippen molar-refractivity contribution in [3.63, 3.8) is 0 Å². The van der Waals surface area contributed by atoms with E-state index in [1.807, 2.05) is 20.8 Å². The molecule has 0 unspecified atom stereocenters. The van der Waals surface area contributed by atoms with Gasteiger partial charge in [0.2, 0.25) is 0 Å². The van der Waals surface area contributed by atoms with Crippen molar-refractivity contribution >= 4 is 17.1 Å². The normalized spacial score (nSPS) is 12.8. The van der Waals surface area contributed by atoms with Gasteiger partial charge < -0.3 is 5.32 Å². The molecule has 1 aromatic heterocycles. The summed E-state index contributed by atoms with van der Waals surface area (Å²) in [6, 6.07) is 0. The Bertz CT molecular complexity index is 406. The first-order chi connectivity index (χ1) is 7.59. The second-order valence-electron chi connectivity index (χ2n) is 4.55. The van der Waals surface area contributed by atoms with E-state index in [9.17, 15) is 18.0 Å². The molecule has 96 valence electrons. The third kappa shape index (κ3) is 4.43. The number of aromatic nitrogens is 1. The standard InChI is InChI=1S/C10H13F3N2OS/c1-9(2,3)15-4-6(16)7-5-14-8(17-7)10(11,12)13/h5,15H,4H2,1-3H3. The lowest BCUT2D eigenvalue weighted by Crippen LogP contribution is -2.39. The number of ketones is 1. The van der Waals surface area contributed by atoms with Crippen molar-refractivity contribution in [3.8, 4) is 0 Å². The summed E-state index contributed by atoms with van der Waals surface area (Å²) in [5.74, 6) is -0.382. The number of rotatable bonds is 3. The van der Waals surface area contributed by atoms with Crippen LogP contribution in [-0.4, -0.2) is 22.9 Å². The van der Waals surface area contributed by atoms with Gasteiger partial charge in [-0.2, -0.15) is 13.2 Å². The summed E-state index contributed by atoms with van der Waals surface area (Å²) in [4.78, 5) is 14.8. The molecule has 0 aromatic carbocycles. The lowest BCUT2D eigenvalue weighted by Gasteiger charge is -2.19. The van der Waals surface area contributed by atoms with Gasteiger partial charge in [-0.25, -0.2) is 4.98 Å². The highest BCUT2D eigenvalue weighted by molar-refractivity contribution is 7.13. The Hall–Kier alpha value is -0.950. The Morgan fingerprint density at radius 1 is 1.41 bits per heavy atom. The van der Waals surface area contributed by atoms with Crippen LogP contribution >= 0.6 is 11.3 Å². The van der Waals surface area contributed by atoms with Gasteiger partial charge in [0.1, 0.15) is 0 Å². The maximum absolute atomic E-state index is 12.3. The summed E-state index contributed by atoms with van der Waals surface area (Å²) < 4.78 is 36.8. The van der Waals surface area contributed by atoms with Gasteiger partial charge in [0.25, 0.3) is 0 Å². The van der Waals surface area contributed by atoms with Crippen molar-refractivity contribution in [2.45, 2.75) is 32.5 Å². The third-order valence-electron chi connectivity index (χ3n) is 1.80. The fourth-order valence-electron chi connectivity index (χ4n) is 0.967. The van der Waals surface area contributed by atoms with Gasteiger partial charge in [-0.15, -0.1) is 11.3 Å². The molecule has 1 rings (SSSR count). The molecule has 0 aliphatic rings. The Balaban J connectivity index is 2.68. The lowest BCUT2D eigenvalue weighted by molar-refractivity contribution is -0.137. The minimum absolute atomic E-state index is 0.00297. The maximum atomic E-state index is 12.3. The first-order valence-corrected chi connectivity index (χ1v) is 5.72. The molecule has 1 N–H and O–H groups in total. The summed E-state index contributed by atoms with van der Waals surface area (Å²) in [5, 5.41) is 1.93. The summed E-state index contributed by atoms with van der Waals surface area (Å²) in [7, 11) is 0. The van der Waals surface area contributed by atoms with Gasteiger partial charge in [-0.3, -0.25) is 4.79 Å². The fraction of sp³-hybridized carbons (Fsp3) is 0.600. The summed E-state index contributed by atoms with van der Waals surface area (Å²) >= 11 is 0.373. The van der Waals surface area contributed by atoms with Crippen LogP contribution in [0.1, 0.15) is 35.5 Å². The molecule has 1 aromatic rings. The SMILES string of the molecule is CC(C)(C)NCC(=O)c1cnc(C(F)(F)F)s1. The fourth-order valence-corrected chi connectivity index (χ4v) is 1.69. The van der Waals surface area contributed by atoms with Crippen LogP contribution in [-0.2, 0) is 6.18 Å². The third-order valence-corrected chi connectivity index (χ3v) is 2.89. The second-order valence-corrected chi connectivity index (χ2v) is 5.58. The van der Waals surface area contributed by atoms with Gasteiger partial charge in [0, 0.05) is 11.7 Å². The molecular weight excluding hydrogens is 253 g/mol. The van der Waals surface area contributed by atoms with E-state index in [1.54, 1.807) is 0 Å². The van der Waals surface area contributed by atoms with Crippen LogP contribution in [0, 0.1) is 0 Å². The molecule has 1 heterocycles. The highest BCUT2D eigenvalue weighted by Crippen LogP contribution is 2.32. The average Bonchev–Trinajstić information content (AvgIpc) is 2.60. The van der Waals surface area contributed by atoms with Crippen LogP contribution in [0.5, 0.6) is 0 Å². The predicted molar refractivity (Wildman–Crippen MR) is 59.2 cm³/mol. The smallest absolute Gasteiger partial charge is 0.305 e. The quantitative estimate of drug-likeness (QED) is 0.855. The molecule has 0 fully saturated rings. The molecule has 0 radical (unpaired) electrons. The molecule has 0 saturated carbocycles. The van der Waals surface area contributed by atoms with Crippen LogP contribution < -0.4 is 5.32 Å². The first-order valence-electron chi connectivity index (χ1n) is 4.91. The summed E-state index contributed by atoms with van der Waals surface area (Å²) in [5.41, 5.74) is -0.257. The van der Waals surface area contributed by atoms with Gasteiger partial charge in [0.05, 0.1) is 11.4 Å². The largest absolute Gasteiger partial charge is 0.443 e. The zero-order chi connectivity index (χ0) is 13.3.